The fraction of sp³-hybridized carbons (Fsp3) is 0.438. The molecule has 0 amide bonds. The number of aryl methyl sites for hydroxylation is 1. The number of hydrogen-bond acceptors (Lipinski definition) is 4. The summed E-state index contributed by atoms with van der Waals surface area (Å²) in [4.78, 5) is 6.18. The van der Waals surface area contributed by atoms with Crippen molar-refractivity contribution >= 4 is 22.9 Å². The van der Waals surface area contributed by atoms with Crippen LogP contribution in [0.25, 0.3) is 10.6 Å². The first-order valence-electron chi connectivity index (χ1n) is 7.37. The van der Waals surface area contributed by atoms with E-state index in [1.807, 2.05) is 24.3 Å². The van der Waals surface area contributed by atoms with Crippen molar-refractivity contribution in [2.45, 2.75) is 31.7 Å². The SMILES string of the molecule is OCCCNC1CCCc2nc(-c3ccc(Cl)cc3)sc21. The molecule has 1 aromatic heterocycles. The van der Waals surface area contributed by atoms with Gasteiger partial charge in [-0.2, -0.15) is 0 Å². The highest BCUT2D eigenvalue weighted by Crippen LogP contribution is 2.38. The molecule has 21 heavy (non-hydrogen) atoms. The predicted molar refractivity (Wildman–Crippen MR) is 87.9 cm³/mol. The van der Waals surface area contributed by atoms with Crippen molar-refractivity contribution in [1.82, 2.24) is 10.3 Å². The molecular weight excluding hydrogens is 304 g/mol. The van der Waals surface area contributed by atoms with E-state index in [4.69, 9.17) is 21.7 Å². The van der Waals surface area contributed by atoms with E-state index in [-0.39, 0.29) is 6.61 Å². The summed E-state index contributed by atoms with van der Waals surface area (Å²) < 4.78 is 0. The second kappa shape index (κ2) is 6.88. The van der Waals surface area contributed by atoms with Gasteiger partial charge in [0.2, 0.25) is 0 Å². The van der Waals surface area contributed by atoms with E-state index in [0.29, 0.717) is 6.04 Å². The van der Waals surface area contributed by atoms with Crippen LogP contribution in [-0.2, 0) is 6.42 Å². The fourth-order valence-electron chi connectivity index (χ4n) is 2.69. The molecule has 0 bridgehead atoms. The number of aliphatic hydroxyl groups is 1. The molecule has 0 aliphatic heterocycles. The number of nitrogens with one attached hydrogen (secondary N) is 1. The molecule has 1 unspecified atom stereocenters. The van der Waals surface area contributed by atoms with E-state index >= 15 is 0 Å². The lowest BCUT2D eigenvalue weighted by Gasteiger charge is -2.22. The van der Waals surface area contributed by atoms with Crippen LogP contribution in [0.2, 0.25) is 5.02 Å². The molecule has 2 aromatic rings. The Hall–Kier alpha value is -0.940. The van der Waals surface area contributed by atoms with Crippen molar-refractivity contribution in [1.29, 1.82) is 0 Å². The van der Waals surface area contributed by atoms with E-state index in [9.17, 15) is 0 Å². The molecule has 2 N–H and O–H groups in total. The molecule has 0 fully saturated rings. The van der Waals surface area contributed by atoms with Crippen LogP contribution in [0.4, 0.5) is 0 Å². The van der Waals surface area contributed by atoms with Gasteiger partial charge >= 0.3 is 0 Å². The van der Waals surface area contributed by atoms with E-state index < -0.39 is 0 Å². The second-order valence-electron chi connectivity index (χ2n) is 5.31. The number of hydrogen-bond donors (Lipinski definition) is 2. The van der Waals surface area contributed by atoms with E-state index in [1.165, 1.54) is 17.0 Å². The quantitative estimate of drug-likeness (QED) is 0.823. The summed E-state index contributed by atoms with van der Waals surface area (Å²) in [5.41, 5.74) is 2.37. The minimum Gasteiger partial charge on any atom is -0.396 e. The van der Waals surface area contributed by atoms with E-state index in [2.05, 4.69) is 5.32 Å². The molecule has 112 valence electrons. The topological polar surface area (TPSA) is 45.1 Å². The van der Waals surface area contributed by atoms with Gasteiger partial charge < -0.3 is 10.4 Å². The Labute approximate surface area is 134 Å². The third-order valence-corrected chi connectivity index (χ3v) is 5.28. The standard InChI is InChI=1S/C16H19ClN2OS/c17-12-7-5-11(6-8-12)16-19-14-4-1-3-13(15(14)21-16)18-9-2-10-20/h5-8,13,18,20H,1-4,9-10H2. The van der Waals surface area contributed by atoms with Crippen LogP contribution in [-0.4, -0.2) is 23.2 Å². The molecule has 3 nitrogen and oxygen atoms in total. The Balaban J connectivity index is 1.82. The molecule has 0 saturated heterocycles. The monoisotopic (exact) mass is 322 g/mol. The third kappa shape index (κ3) is 3.46. The first kappa shape index (κ1) is 15.0. The maximum atomic E-state index is 8.91. The minimum atomic E-state index is 0.241. The first-order valence-corrected chi connectivity index (χ1v) is 8.57. The van der Waals surface area contributed by atoms with Gasteiger partial charge in [-0.1, -0.05) is 23.7 Å². The van der Waals surface area contributed by atoms with Gasteiger partial charge in [0.25, 0.3) is 0 Å². The molecule has 5 heteroatoms. The summed E-state index contributed by atoms with van der Waals surface area (Å²) in [6.07, 6.45) is 4.19. The summed E-state index contributed by atoms with van der Waals surface area (Å²) in [6.45, 7) is 1.10. The number of aromatic nitrogens is 1. The molecule has 1 aromatic carbocycles. The Morgan fingerprint density at radius 2 is 2.14 bits per heavy atom. The Kier molecular flexibility index (Phi) is 4.91. The minimum absolute atomic E-state index is 0.241. The highest BCUT2D eigenvalue weighted by atomic mass is 35.5. The van der Waals surface area contributed by atoms with Crippen LogP contribution in [0.1, 0.15) is 35.9 Å². The van der Waals surface area contributed by atoms with Crippen molar-refractivity contribution in [2.75, 3.05) is 13.2 Å². The van der Waals surface area contributed by atoms with Gasteiger partial charge in [0, 0.05) is 28.1 Å². The maximum Gasteiger partial charge on any atom is 0.123 e. The van der Waals surface area contributed by atoms with Gasteiger partial charge in [0.05, 0.1) is 5.69 Å². The number of fused-ring (bicyclic) bond motifs is 1. The lowest BCUT2D eigenvalue weighted by molar-refractivity contribution is 0.282. The molecule has 1 aliphatic carbocycles. The van der Waals surface area contributed by atoms with Crippen LogP contribution in [0, 0.1) is 0 Å². The predicted octanol–water partition coefficient (Wildman–Crippen LogP) is 3.81. The molecule has 0 saturated carbocycles. The van der Waals surface area contributed by atoms with Crippen LogP contribution < -0.4 is 5.32 Å². The molecule has 1 atom stereocenters. The van der Waals surface area contributed by atoms with Gasteiger partial charge in [-0.3, -0.25) is 0 Å². The largest absolute Gasteiger partial charge is 0.396 e. The van der Waals surface area contributed by atoms with Gasteiger partial charge in [0.15, 0.2) is 0 Å². The number of halogens is 1. The number of nitrogens with zero attached hydrogens (tertiary/aromatic N) is 1. The van der Waals surface area contributed by atoms with Crippen molar-refractivity contribution in [3.8, 4) is 10.6 Å². The summed E-state index contributed by atoms with van der Waals surface area (Å²) in [7, 11) is 0. The molecular formula is C16H19ClN2OS. The van der Waals surface area contributed by atoms with Gasteiger partial charge in [0.1, 0.15) is 5.01 Å². The molecule has 1 heterocycles. The second-order valence-corrected chi connectivity index (χ2v) is 6.78. The average Bonchev–Trinajstić information content (AvgIpc) is 2.93. The number of thiazole rings is 1. The maximum absolute atomic E-state index is 8.91. The third-order valence-electron chi connectivity index (χ3n) is 3.77. The average molecular weight is 323 g/mol. The normalized spacial score (nSPS) is 17.7. The number of benzene rings is 1. The highest BCUT2D eigenvalue weighted by Gasteiger charge is 2.24. The summed E-state index contributed by atoms with van der Waals surface area (Å²) in [6, 6.07) is 8.27. The van der Waals surface area contributed by atoms with Gasteiger partial charge in [-0.05, 0) is 44.4 Å². The van der Waals surface area contributed by atoms with Crippen molar-refractivity contribution < 1.29 is 5.11 Å². The van der Waals surface area contributed by atoms with Crippen LogP contribution in [0.15, 0.2) is 24.3 Å². The molecule has 0 radical (unpaired) electrons. The molecule has 3 rings (SSSR count). The zero-order valence-electron chi connectivity index (χ0n) is 11.8. The number of rotatable bonds is 5. The van der Waals surface area contributed by atoms with E-state index in [0.717, 1.165) is 41.4 Å². The van der Waals surface area contributed by atoms with Crippen molar-refractivity contribution in [3.63, 3.8) is 0 Å². The zero-order chi connectivity index (χ0) is 14.7. The Morgan fingerprint density at radius 3 is 2.90 bits per heavy atom. The highest BCUT2D eigenvalue weighted by molar-refractivity contribution is 7.15. The Morgan fingerprint density at radius 1 is 1.33 bits per heavy atom. The van der Waals surface area contributed by atoms with Crippen LogP contribution >= 0.6 is 22.9 Å². The Bertz CT molecular complexity index is 597. The first-order chi connectivity index (χ1) is 10.3. The fourth-order valence-corrected chi connectivity index (χ4v) is 4.04. The lowest BCUT2D eigenvalue weighted by atomic mass is 9.98. The zero-order valence-corrected chi connectivity index (χ0v) is 13.4. The lowest BCUT2D eigenvalue weighted by Crippen LogP contribution is -2.25. The van der Waals surface area contributed by atoms with E-state index in [1.54, 1.807) is 11.3 Å². The summed E-state index contributed by atoms with van der Waals surface area (Å²) >= 11 is 7.73. The summed E-state index contributed by atoms with van der Waals surface area (Å²) in [5, 5.41) is 14.3. The molecule has 0 spiro atoms. The van der Waals surface area contributed by atoms with Gasteiger partial charge in [-0.25, -0.2) is 4.98 Å². The molecule has 1 aliphatic rings. The van der Waals surface area contributed by atoms with Crippen molar-refractivity contribution in [3.05, 3.63) is 39.9 Å². The number of aliphatic hydroxyl groups excluding tert-OH is 1. The smallest absolute Gasteiger partial charge is 0.123 e. The van der Waals surface area contributed by atoms with Crippen LogP contribution in [0.5, 0.6) is 0 Å². The van der Waals surface area contributed by atoms with Crippen molar-refractivity contribution in [2.24, 2.45) is 0 Å². The summed E-state index contributed by atoms with van der Waals surface area (Å²) in [5.74, 6) is 0. The van der Waals surface area contributed by atoms with Crippen LogP contribution in [0.3, 0.4) is 0 Å². The van der Waals surface area contributed by atoms with Gasteiger partial charge in [-0.15, -0.1) is 11.3 Å².